The first-order valence-corrected chi connectivity index (χ1v) is 4.99. The molecule has 0 atom stereocenters. The molecule has 0 amide bonds. The van der Waals surface area contributed by atoms with Crippen LogP contribution in [-0.4, -0.2) is 22.5 Å². The molecule has 0 aliphatic carbocycles. The van der Waals surface area contributed by atoms with Crippen molar-refractivity contribution < 1.29 is 19.4 Å². The van der Waals surface area contributed by atoms with E-state index < -0.39 is 11.8 Å². The number of Topliss-reactive ketones (excluding diaryl/α,β-unsaturated/α-hetero) is 1. The second-order valence-electron chi connectivity index (χ2n) is 4.47. The van der Waals surface area contributed by atoms with Crippen LogP contribution in [0, 0.1) is 0 Å². The Bertz CT molecular complexity index is 474. The number of carboxylic acid groups (broad SMARTS) is 1. The summed E-state index contributed by atoms with van der Waals surface area (Å²) in [5, 5.41) is 8.69. The number of rotatable bonds is 2. The van der Waals surface area contributed by atoms with Crippen LogP contribution in [0.2, 0.25) is 0 Å². The van der Waals surface area contributed by atoms with Gasteiger partial charge in [-0.25, -0.2) is 4.79 Å². The number of hydrogen-bond donors (Lipinski definition) is 1. The molecular weight excluding hydrogens is 208 g/mol. The maximum absolute atomic E-state index is 11.4. The average molecular weight is 220 g/mol. The molecule has 1 aliphatic heterocycles. The smallest absolute Gasteiger partial charge is 0.377 e. The van der Waals surface area contributed by atoms with Crippen LogP contribution >= 0.6 is 0 Å². The molecule has 1 N–H and O–H groups in total. The zero-order valence-corrected chi connectivity index (χ0v) is 9.11. The van der Waals surface area contributed by atoms with Gasteiger partial charge in [-0.1, -0.05) is 12.1 Å². The molecule has 1 aromatic rings. The fraction of sp³-hybridized carbons (Fsp3) is 0.333. The van der Waals surface area contributed by atoms with Gasteiger partial charge < -0.3 is 9.84 Å². The summed E-state index contributed by atoms with van der Waals surface area (Å²) in [7, 11) is 0. The summed E-state index contributed by atoms with van der Waals surface area (Å²) >= 11 is 0. The predicted molar refractivity (Wildman–Crippen MR) is 56.8 cm³/mol. The number of benzene rings is 1. The molecule has 0 bridgehead atoms. The van der Waals surface area contributed by atoms with E-state index in [0.717, 1.165) is 5.56 Å². The van der Waals surface area contributed by atoms with Crippen LogP contribution in [0.25, 0.3) is 0 Å². The van der Waals surface area contributed by atoms with Crippen molar-refractivity contribution in [3.05, 3.63) is 29.3 Å². The summed E-state index contributed by atoms with van der Waals surface area (Å²) in [6.45, 7) is 3.81. The molecule has 4 nitrogen and oxygen atoms in total. The highest BCUT2D eigenvalue weighted by molar-refractivity contribution is 6.40. The Kier molecular flexibility index (Phi) is 2.22. The highest BCUT2D eigenvalue weighted by Crippen LogP contribution is 2.37. The highest BCUT2D eigenvalue weighted by Gasteiger charge is 2.34. The van der Waals surface area contributed by atoms with Gasteiger partial charge in [-0.3, -0.25) is 4.79 Å². The molecule has 0 aromatic heterocycles. The van der Waals surface area contributed by atoms with Crippen LogP contribution in [0.1, 0.15) is 29.8 Å². The molecule has 0 spiro atoms. The minimum absolute atomic E-state index is 0.135. The average Bonchev–Trinajstić information content (AvgIpc) is 2.49. The van der Waals surface area contributed by atoms with E-state index in [1.807, 2.05) is 19.9 Å². The second kappa shape index (κ2) is 3.33. The van der Waals surface area contributed by atoms with E-state index in [1.165, 1.54) is 6.07 Å². The summed E-state index contributed by atoms with van der Waals surface area (Å²) in [4.78, 5) is 22.1. The van der Waals surface area contributed by atoms with Crippen molar-refractivity contribution in [1.29, 1.82) is 0 Å². The molecule has 0 unspecified atom stereocenters. The van der Waals surface area contributed by atoms with E-state index in [0.29, 0.717) is 12.2 Å². The van der Waals surface area contributed by atoms with Gasteiger partial charge in [0.1, 0.15) is 11.4 Å². The summed E-state index contributed by atoms with van der Waals surface area (Å²) < 4.78 is 5.61. The zero-order chi connectivity index (χ0) is 11.9. The van der Waals surface area contributed by atoms with Crippen molar-refractivity contribution in [2.24, 2.45) is 0 Å². The molecule has 2 rings (SSSR count). The standard InChI is InChI=1S/C12H12O4/c1-12(2)6-7-4-3-5-8(10(7)16-12)9(13)11(14)15/h3-5H,6H2,1-2H3,(H,14,15). The van der Waals surface area contributed by atoms with E-state index in [4.69, 9.17) is 9.84 Å². The molecule has 0 saturated carbocycles. The van der Waals surface area contributed by atoms with E-state index in [-0.39, 0.29) is 11.2 Å². The number of carbonyl (C=O) groups excluding carboxylic acids is 1. The monoisotopic (exact) mass is 220 g/mol. The lowest BCUT2D eigenvalue weighted by molar-refractivity contribution is -0.131. The second-order valence-corrected chi connectivity index (χ2v) is 4.47. The Morgan fingerprint density at radius 2 is 2.06 bits per heavy atom. The fourth-order valence-electron chi connectivity index (χ4n) is 1.91. The summed E-state index contributed by atoms with van der Waals surface area (Å²) in [5.74, 6) is -1.96. The first-order chi connectivity index (χ1) is 7.41. The lowest BCUT2D eigenvalue weighted by Crippen LogP contribution is -2.25. The maximum Gasteiger partial charge on any atom is 0.377 e. The molecular formula is C12H12O4. The van der Waals surface area contributed by atoms with E-state index in [1.54, 1.807) is 6.07 Å². The van der Waals surface area contributed by atoms with Gasteiger partial charge in [-0.2, -0.15) is 0 Å². The Labute approximate surface area is 92.8 Å². The normalized spacial score (nSPS) is 16.4. The predicted octanol–water partition coefficient (Wildman–Crippen LogP) is 1.67. The number of ketones is 1. The van der Waals surface area contributed by atoms with Crippen molar-refractivity contribution in [1.82, 2.24) is 0 Å². The molecule has 0 radical (unpaired) electrons. The van der Waals surface area contributed by atoms with Gasteiger partial charge in [-0.05, 0) is 25.5 Å². The van der Waals surface area contributed by atoms with Crippen molar-refractivity contribution in [2.75, 3.05) is 0 Å². The number of aliphatic carboxylic acids is 1. The third kappa shape index (κ3) is 1.66. The van der Waals surface area contributed by atoms with Crippen molar-refractivity contribution in [2.45, 2.75) is 25.9 Å². The Morgan fingerprint density at radius 1 is 1.38 bits per heavy atom. The first kappa shape index (κ1) is 10.7. The van der Waals surface area contributed by atoms with Gasteiger partial charge >= 0.3 is 5.97 Å². The van der Waals surface area contributed by atoms with Crippen LogP contribution in [0.4, 0.5) is 0 Å². The van der Waals surface area contributed by atoms with Gasteiger partial charge in [0.25, 0.3) is 5.78 Å². The fourth-order valence-corrected chi connectivity index (χ4v) is 1.91. The minimum Gasteiger partial charge on any atom is -0.486 e. The van der Waals surface area contributed by atoms with Crippen molar-refractivity contribution >= 4 is 11.8 Å². The first-order valence-electron chi connectivity index (χ1n) is 4.99. The maximum atomic E-state index is 11.4. The summed E-state index contributed by atoms with van der Waals surface area (Å²) in [6.07, 6.45) is 0.684. The van der Waals surface area contributed by atoms with Crippen LogP contribution in [-0.2, 0) is 11.2 Å². The SMILES string of the molecule is CC1(C)Cc2cccc(C(=O)C(=O)O)c2O1. The topological polar surface area (TPSA) is 63.6 Å². The molecule has 4 heteroatoms. The Hall–Kier alpha value is -1.84. The zero-order valence-electron chi connectivity index (χ0n) is 9.11. The summed E-state index contributed by atoms with van der Waals surface area (Å²) in [5.41, 5.74) is 0.643. The molecule has 0 saturated heterocycles. The van der Waals surface area contributed by atoms with Gasteiger partial charge in [0.2, 0.25) is 0 Å². The number of hydrogen-bond acceptors (Lipinski definition) is 3. The van der Waals surface area contributed by atoms with Crippen LogP contribution in [0.3, 0.4) is 0 Å². The van der Waals surface area contributed by atoms with E-state index in [9.17, 15) is 9.59 Å². The Morgan fingerprint density at radius 3 is 2.69 bits per heavy atom. The largest absolute Gasteiger partial charge is 0.486 e. The molecule has 1 heterocycles. The van der Waals surface area contributed by atoms with E-state index >= 15 is 0 Å². The molecule has 16 heavy (non-hydrogen) atoms. The lowest BCUT2D eigenvalue weighted by atomic mass is 9.99. The third-order valence-corrected chi connectivity index (χ3v) is 2.53. The Balaban J connectivity index is 2.49. The number of carboxylic acids is 1. The van der Waals surface area contributed by atoms with Gasteiger partial charge in [0, 0.05) is 6.42 Å². The third-order valence-electron chi connectivity index (χ3n) is 2.53. The van der Waals surface area contributed by atoms with Crippen LogP contribution < -0.4 is 4.74 Å². The molecule has 0 fully saturated rings. The quantitative estimate of drug-likeness (QED) is 0.608. The van der Waals surface area contributed by atoms with E-state index in [2.05, 4.69) is 0 Å². The summed E-state index contributed by atoms with van der Waals surface area (Å²) in [6, 6.07) is 5.01. The van der Waals surface area contributed by atoms with Crippen molar-refractivity contribution in [3.63, 3.8) is 0 Å². The highest BCUT2D eigenvalue weighted by atomic mass is 16.5. The number of carbonyl (C=O) groups is 2. The van der Waals surface area contributed by atoms with Crippen LogP contribution in [0.15, 0.2) is 18.2 Å². The van der Waals surface area contributed by atoms with Crippen molar-refractivity contribution in [3.8, 4) is 5.75 Å². The number of fused-ring (bicyclic) bond motifs is 1. The van der Waals surface area contributed by atoms with Crippen LogP contribution in [0.5, 0.6) is 5.75 Å². The molecule has 1 aromatic carbocycles. The van der Waals surface area contributed by atoms with Gasteiger partial charge in [-0.15, -0.1) is 0 Å². The number of ether oxygens (including phenoxy) is 1. The minimum atomic E-state index is -1.46. The molecule has 1 aliphatic rings. The molecule has 84 valence electrons. The lowest BCUT2D eigenvalue weighted by Gasteiger charge is -2.17. The number of para-hydroxylation sites is 1. The van der Waals surface area contributed by atoms with Gasteiger partial charge in [0.15, 0.2) is 0 Å². The van der Waals surface area contributed by atoms with Gasteiger partial charge in [0.05, 0.1) is 5.56 Å².